The summed E-state index contributed by atoms with van der Waals surface area (Å²) in [5, 5.41) is 0. The van der Waals surface area contributed by atoms with Gasteiger partial charge in [0.2, 0.25) is 0 Å². The largest absolute Gasteiger partial charge is 0.462 e. The number of carbonyl (C=O) groups is 1. The Morgan fingerprint density at radius 1 is 1.20 bits per heavy atom. The molecule has 118 valence electrons. The molecule has 0 aliphatic rings. The molecule has 7 heteroatoms. The third-order valence-corrected chi connectivity index (χ3v) is 2.57. The topological polar surface area (TPSA) is 63.2 Å². The molecule has 0 aromatic heterocycles. The van der Waals surface area contributed by atoms with Gasteiger partial charge < -0.3 is 23.4 Å². The lowest BCUT2D eigenvalue weighted by atomic mass is 10.2. The number of rotatable bonds is 12. The molecule has 0 fully saturated rings. The predicted molar refractivity (Wildman–Crippen MR) is 78.0 cm³/mol. The minimum atomic E-state index is -1.14. The van der Waals surface area contributed by atoms with E-state index in [9.17, 15) is 4.79 Å². The molecule has 0 radical (unpaired) electrons. The Morgan fingerprint density at radius 2 is 1.80 bits per heavy atom. The van der Waals surface area contributed by atoms with Crippen LogP contribution in [0.2, 0.25) is 0 Å². The van der Waals surface area contributed by atoms with Gasteiger partial charge in [-0.3, -0.25) is 0 Å². The molecule has 6 nitrogen and oxygen atoms in total. The average molecular weight is 306 g/mol. The highest BCUT2D eigenvalue weighted by Gasteiger charge is 2.32. The molecular formula is C13H26O6Si. The lowest BCUT2D eigenvalue weighted by Gasteiger charge is -2.32. The van der Waals surface area contributed by atoms with Gasteiger partial charge in [0.25, 0.3) is 5.97 Å². The van der Waals surface area contributed by atoms with Gasteiger partial charge in [0.15, 0.2) is 0 Å². The van der Waals surface area contributed by atoms with Crippen LogP contribution in [0.3, 0.4) is 0 Å². The lowest BCUT2D eigenvalue weighted by Crippen LogP contribution is -2.40. The zero-order valence-electron chi connectivity index (χ0n) is 12.9. The summed E-state index contributed by atoms with van der Waals surface area (Å²) in [5.41, 5.74) is 0.381. The molecule has 0 spiro atoms. The van der Waals surface area contributed by atoms with Crippen LogP contribution < -0.4 is 0 Å². The van der Waals surface area contributed by atoms with Crippen LogP contribution in [-0.4, -0.2) is 49.0 Å². The first-order valence-corrected chi connectivity index (χ1v) is 7.56. The van der Waals surface area contributed by atoms with Crippen molar-refractivity contribution in [3.63, 3.8) is 0 Å². The molecule has 0 aromatic carbocycles. The first-order chi connectivity index (χ1) is 9.51. The lowest BCUT2D eigenvalue weighted by molar-refractivity contribution is -0.393. The van der Waals surface area contributed by atoms with Crippen LogP contribution in [0.1, 0.15) is 33.6 Å². The Balaban J connectivity index is 4.32. The predicted octanol–water partition coefficient (Wildman–Crippen LogP) is 0.884. The van der Waals surface area contributed by atoms with Crippen molar-refractivity contribution in [1.82, 2.24) is 0 Å². The van der Waals surface area contributed by atoms with Crippen LogP contribution in [0, 0.1) is 0 Å². The quantitative estimate of drug-likeness (QED) is 0.175. The summed E-state index contributed by atoms with van der Waals surface area (Å²) in [4.78, 5) is 11.3. The van der Waals surface area contributed by atoms with E-state index in [0.29, 0.717) is 42.1 Å². The highest BCUT2D eigenvalue weighted by atomic mass is 28.2. The normalized spacial score (nSPS) is 11.6. The summed E-state index contributed by atoms with van der Waals surface area (Å²) < 4.78 is 26.7. The van der Waals surface area contributed by atoms with Gasteiger partial charge >= 0.3 is 5.97 Å². The van der Waals surface area contributed by atoms with Crippen LogP contribution >= 0.6 is 0 Å². The number of hydrogen-bond acceptors (Lipinski definition) is 6. The Labute approximate surface area is 123 Å². The summed E-state index contributed by atoms with van der Waals surface area (Å²) in [5.74, 6) is -1.53. The number of esters is 1. The van der Waals surface area contributed by atoms with Crippen molar-refractivity contribution < 1.29 is 28.2 Å². The standard InChI is InChI=1S/C13H26O6Si/c1-5-16-13(17-6-2,18-10-19-20)8-7-9-15-12(14)11(3)4/h3,5-10H2,1-2,4,20H3. The van der Waals surface area contributed by atoms with E-state index < -0.39 is 11.9 Å². The molecule has 0 heterocycles. The fourth-order valence-electron chi connectivity index (χ4n) is 1.51. The van der Waals surface area contributed by atoms with E-state index in [2.05, 4.69) is 6.58 Å². The van der Waals surface area contributed by atoms with Crippen LogP contribution in [0.5, 0.6) is 0 Å². The van der Waals surface area contributed by atoms with Crippen LogP contribution in [0.25, 0.3) is 0 Å². The molecular weight excluding hydrogens is 280 g/mol. The average Bonchev–Trinajstić information content (AvgIpc) is 2.41. The van der Waals surface area contributed by atoms with E-state index >= 15 is 0 Å². The summed E-state index contributed by atoms with van der Waals surface area (Å²) in [6, 6.07) is 0. The fraction of sp³-hybridized carbons (Fsp3) is 0.769. The Kier molecular flexibility index (Phi) is 10.6. The first kappa shape index (κ1) is 19.3. The van der Waals surface area contributed by atoms with E-state index in [0.717, 1.165) is 0 Å². The highest BCUT2D eigenvalue weighted by molar-refractivity contribution is 5.97. The van der Waals surface area contributed by atoms with E-state index in [1.165, 1.54) is 0 Å². The second kappa shape index (κ2) is 11.0. The van der Waals surface area contributed by atoms with Gasteiger partial charge in [-0.25, -0.2) is 4.79 Å². The van der Waals surface area contributed by atoms with Crippen LogP contribution in [0.4, 0.5) is 0 Å². The molecule has 0 bridgehead atoms. The van der Waals surface area contributed by atoms with Crippen molar-refractivity contribution in [2.45, 2.75) is 39.6 Å². The molecule has 0 amide bonds. The Morgan fingerprint density at radius 3 is 2.25 bits per heavy atom. The maximum Gasteiger partial charge on any atom is 0.333 e. The third-order valence-electron chi connectivity index (χ3n) is 2.33. The molecule has 0 atom stereocenters. The van der Waals surface area contributed by atoms with E-state index in [1.807, 2.05) is 13.8 Å². The summed E-state index contributed by atoms with van der Waals surface area (Å²) in [7, 11) is 0.576. The molecule has 0 aromatic rings. The van der Waals surface area contributed by atoms with Gasteiger partial charge in [-0.1, -0.05) is 6.58 Å². The van der Waals surface area contributed by atoms with Gasteiger partial charge in [-0.05, 0) is 27.2 Å². The molecule has 0 saturated carbocycles. The van der Waals surface area contributed by atoms with Crippen molar-refractivity contribution in [3.8, 4) is 0 Å². The number of carbonyl (C=O) groups excluding carboxylic acids is 1. The van der Waals surface area contributed by atoms with Gasteiger partial charge in [0.05, 0.1) is 6.61 Å². The van der Waals surface area contributed by atoms with E-state index in [-0.39, 0.29) is 13.4 Å². The number of ether oxygens (including phenoxy) is 4. The maximum absolute atomic E-state index is 11.3. The first-order valence-electron chi connectivity index (χ1n) is 6.74. The Bertz CT molecular complexity index is 289. The second-order valence-corrected chi connectivity index (χ2v) is 4.70. The highest BCUT2D eigenvalue weighted by Crippen LogP contribution is 2.22. The Hall–Kier alpha value is -0.733. The minimum absolute atomic E-state index is 0.123. The molecule has 0 N–H and O–H groups in total. The van der Waals surface area contributed by atoms with Crippen molar-refractivity contribution in [1.29, 1.82) is 0 Å². The van der Waals surface area contributed by atoms with Gasteiger partial charge in [-0.2, -0.15) is 0 Å². The van der Waals surface area contributed by atoms with E-state index in [1.54, 1.807) is 6.92 Å². The zero-order chi connectivity index (χ0) is 15.4. The van der Waals surface area contributed by atoms with E-state index in [4.69, 9.17) is 23.4 Å². The van der Waals surface area contributed by atoms with Crippen molar-refractivity contribution >= 4 is 16.5 Å². The SMILES string of the molecule is C=C(C)C(=O)OCCCC(OCC)(OCC)OCO[SiH3]. The van der Waals surface area contributed by atoms with Crippen molar-refractivity contribution in [3.05, 3.63) is 12.2 Å². The molecule has 0 aliphatic heterocycles. The fourth-order valence-corrected chi connectivity index (χ4v) is 1.62. The number of hydrogen-bond donors (Lipinski definition) is 0. The summed E-state index contributed by atoms with van der Waals surface area (Å²) in [6.45, 7) is 10.1. The van der Waals surface area contributed by atoms with Gasteiger partial charge in [-0.15, -0.1) is 0 Å². The van der Waals surface area contributed by atoms with Gasteiger partial charge in [0.1, 0.15) is 17.3 Å². The molecule has 0 unspecified atom stereocenters. The smallest absolute Gasteiger partial charge is 0.333 e. The molecule has 20 heavy (non-hydrogen) atoms. The van der Waals surface area contributed by atoms with Crippen LogP contribution in [-0.2, 0) is 28.2 Å². The van der Waals surface area contributed by atoms with Crippen molar-refractivity contribution in [2.24, 2.45) is 0 Å². The monoisotopic (exact) mass is 306 g/mol. The molecule has 0 saturated heterocycles. The zero-order valence-corrected chi connectivity index (χ0v) is 14.9. The minimum Gasteiger partial charge on any atom is -0.462 e. The van der Waals surface area contributed by atoms with Gasteiger partial charge in [0, 0.05) is 25.2 Å². The third kappa shape index (κ3) is 7.76. The molecule has 0 aliphatic carbocycles. The maximum atomic E-state index is 11.3. The molecule has 0 rings (SSSR count). The second-order valence-electron chi connectivity index (χ2n) is 4.12. The summed E-state index contributed by atoms with van der Waals surface area (Å²) in [6.07, 6.45) is 1.00. The summed E-state index contributed by atoms with van der Waals surface area (Å²) >= 11 is 0. The van der Waals surface area contributed by atoms with Crippen molar-refractivity contribution in [2.75, 3.05) is 26.6 Å². The van der Waals surface area contributed by atoms with Crippen LogP contribution in [0.15, 0.2) is 12.2 Å².